The highest BCUT2D eigenvalue weighted by Crippen LogP contribution is 2.22. The van der Waals surface area contributed by atoms with Crippen molar-refractivity contribution in [1.29, 1.82) is 0 Å². The van der Waals surface area contributed by atoms with Crippen LogP contribution in [0.15, 0.2) is 58.0 Å². The number of nitro benzene ring substituents is 1. The molecular weight excluding hydrogens is 416 g/mol. The first kappa shape index (κ1) is 21.0. The first-order valence-corrected chi connectivity index (χ1v) is 10.0. The third kappa shape index (κ3) is 4.26. The number of carbonyl (C=O) groups excluding carboxylic acids is 1. The molecule has 11 nitrogen and oxygen atoms in total. The average molecular weight is 436 g/mol. The van der Waals surface area contributed by atoms with Gasteiger partial charge in [-0.1, -0.05) is 12.1 Å². The summed E-state index contributed by atoms with van der Waals surface area (Å²) in [6, 6.07) is 11.3. The number of nitrogens with one attached hydrogen (secondary N) is 1. The van der Waals surface area contributed by atoms with Crippen LogP contribution in [-0.4, -0.2) is 30.2 Å². The standard InChI is InChI=1S/C21H20N6O5/c1-2-25-13-22-24-20(25)14-5-3-6-15(11-14)23-19(28)7-4-10-26-17-9-8-16(27(30)31)12-18(17)32-21(26)29/h3,5-6,8-9,11-13H,2,4,7,10H2,1H3,(H,23,28). The number of amides is 1. The van der Waals surface area contributed by atoms with Gasteiger partial charge in [0.2, 0.25) is 5.91 Å². The Labute approximate surface area is 181 Å². The van der Waals surface area contributed by atoms with Crippen LogP contribution in [0, 0.1) is 10.1 Å². The molecule has 2 heterocycles. The van der Waals surface area contributed by atoms with Crippen molar-refractivity contribution in [3.8, 4) is 11.4 Å². The van der Waals surface area contributed by atoms with Crippen LogP contribution in [0.25, 0.3) is 22.5 Å². The maximum atomic E-state index is 12.4. The Kier molecular flexibility index (Phi) is 5.79. The van der Waals surface area contributed by atoms with Crippen molar-refractivity contribution < 1.29 is 14.1 Å². The van der Waals surface area contributed by atoms with Gasteiger partial charge in [-0.3, -0.25) is 19.5 Å². The highest BCUT2D eigenvalue weighted by Gasteiger charge is 2.14. The highest BCUT2D eigenvalue weighted by molar-refractivity contribution is 5.91. The summed E-state index contributed by atoms with van der Waals surface area (Å²) in [5.41, 5.74) is 1.92. The maximum absolute atomic E-state index is 12.4. The van der Waals surface area contributed by atoms with E-state index in [0.717, 1.165) is 17.9 Å². The van der Waals surface area contributed by atoms with E-state index in [0.29, 0.717) is 17.6 Å². The van der Waals surface area contributed by atoms with Crippen molar-refractivity contribution in [3.05, 3.63) is 69.5 Å². The smallest absolute Gasteiger partial charge is 0.407 e. The monoisotopic (exact) mass is 436 g/mol. The largest absolute Gasteiger partial charge is 0.419 e. The molecule has 0 saturated carbocycles. The number of fused-ring (bicyclic) bond motifs is 1. The fourth-order valence-electron chi connectivity index (χ4n) is 3.45. The van der Waals surface area contributed by atoms with Crippen LogP contribution >= 0.6 is 0 Å². The number of hydrogen-bond acceptors (Lipinski definition) is 7. The van der Waals surface area contributed by atoms with Gasteiger partial charge in [0, 0.05) is 36.8 Å². The Hall–Kier alpha value is -4.28. The molecule has 0 fully saturated rings. The van der Waals surface area contributed by atoms with Crippen LogP contribution < -0.4 is 11.1 Å². The van der Waals surface area contributed by atoms with Crippen LogP contribution in [0.4, 0.5) is 11.4 Å². The molecule has 0 aliphatic rings. The lowest BCUT2D eigenvalue weighted by atomic mass is 10.2. The number of nitrogens with zero attached hydrogens (tertiary/aromatic N) is 5. The van der Waals surface area contributed by atoms with Gasteiger partial charge in [-0.2, -0.15) is 0 Å². The lowest BCUT2D eigenvalue weighted by Crippen LogP contribution is -2.17. The van der Waals surface area contributed by atoms with E-state index in [2.05, 4.69) is 15.5 Å². The van der Waals surface area contributed by atoms with Gasteiger partial charge in [-0.15, -0.1) is 10.2 Å². The quantitative estimate of drug-likeness (QED) is 0.330. The maximum Gasteiger partial charge on any atom is 0.419 e. The fourth-order valence-corrected chi connectivity index (χ4v) is 3.45. The second-order valence-electron chi connectivity index (χ2n) is 7.10. The van der Waals surface area contributed by atoms with Gasteiger partial charge in [-0.05, 0) is 31.5 Å². The molecule has 32 heavy (non-hydrogen) atoms. The van der Waals surface area contributed by atoms with Crippen LogP contribution in [-0.2, 0) is 17.9 Å². The summed E-state index contributed by atoms with van der Waals surface area (Å²) in [6.07, 6.45) is 2.23. The zero-order chi connectivity index (χ0) is 22.7. The lowest BCUT2D eigenvalue weighted by molar-refractivity contribution is -0.384. The number of rotatable bonds is 8. The lowest BCUT2D eigenvalue weighted by Gasteiger charge is -2.08. The van der Waals surface area contributed by atoms with Crippen molar-refractivity contribution in [1.82, 2.24) is 19.3 Å². The number of aromatic nitrogens is 4. The summed E-state index contributed by atoms with van der Waals surface area (Å²) in [4.78, 5) is 34.8. The highest BCUT2D eigenvalue weighted by atomic mass is 16.6. The summed E-state index contributed by atoms with van der Waals surface area (Å²) < 4.78 is 8.37. The number of benzene rings is 2. The molecular formula is C21H20N6O5. The average Bonchev–Trinajstić information content (AvgIpc) is 3.37. The van der Waals surface area contributed by atoms with E-state index in [1.165, 1.54) is 22.8 Å². The number of hydrogen-bond donors (Lipinski definition) is 1. The topological polar surface area (TPSA) is 138 Å². The van der Waals surface area contributed by atoms with E-state index in [4.69, 9.17) is 4.42 Å². The van der Waals surface area contributed by atoms with Gasteiger partial charge in [-0.25, -0.2) is 4.79 Å². The first-order valence-electron chi connectivity index (χ1n) is 10.0. The number of nitro groups is 1. The molecule has 11 heteroatoms. The zero-order valence-corrected chi connectivity index (χ0v) is 17.2. The van der Waals surface area contributed by atoms with E-state index in [-0.39, 0.29) is 30.1 Å². The summed E-state index contributed by atoms with van der Waals surface area (Å²) in [5.74, 6) is -0.0979. The number of aryl methyl sites for hydroxylation is 2. The summed E-state index contributed by atoms with van der Waals surface area (Å²) in [7, 11) is 0. The number of anilines is 1. The predicted molar refractivity (Wildman–Crippen MR) is 116 cm³/mol. The molecule has 2 aromatic carbocycles. The van der Waals surface area contributed by atoms with E-state index < -0.39 is 10.7 Å². The molecule has 1 amide bonds. The predicted octanol–water partition coefficient (Wildman–Crippen LogP) is 3.20. The van der Waals surface area contributed by atoms with Gasteiger partial charge >= 0.3 is 5.76 Å². The zero-order valence-electron chi connectivity index (χ0n) is 17.2. The Bertz CT molecular complexity index is 1350. The Balaban J connectivity index is 1.39. The van der Waals surface area contributed by atoms with E-state index in [1.54, 1.807) is 12.4 Å². The molecule has 0 radical (unpaired) electrons. The third-order valence-electron chi connectivity index (χ3n) is 5.01. The van der Waals surface area contributed by atoms with Crippen molar-refractivity contribution in [2.45, 2.75) is 32.9 Å². The second-order valence-corrected chi connectivity index (χ2v) is 7.10. The van der Waals surface area contributed by atoms with Crippen LogP contribution in [0.2, 0.25) is 0 Å². The second kappa shape index (κ2) is 8.84. The molecule has 0 aliphatic carbocycles. The van der Waals surface area contributed by atoms with E-state index in [1.807, 2.05) is 29.7 Å². The van der Waals surface area contributed by atoms with Gasteiger partial charge < -0.3 is 14.3 Å². The molecule has 4 rings (SSSR count). The molecule has 0 spiro atoms. The van der Waals surface area contributed by atoms with Gasteiger partial charge in [0.05, 0.1) is 16.5 Å². The fraction of sp³-hybridized carbons (Fsp3) is 0.238. The normalized spacial score (nSPS) is 11.0. The number of non-ortho nitro benzene ring substituents is 1. The summed E-state index contributed by atoms with van der Waals surface area (Å²) in [6.45, 7) is 2.97. The van der Waals surface area contributed by atoms with Crippen LogP contribution in [0.1, 0.15) is 19.8 Å². The van der Waals surface area contributed by atoms with Gasteiger partial charge in [0.1, 0.15) is 6.33 Å². The van der Waals surface area contributed by atoms with Gasteiger partial charge in [0.15, 0.2) is 11.4 Å². The number of carbonyl (C=O) groups is 1. The Morgan fingerprint density at radius 1 is 1.25 bits per heavy atom. The van der Waals surface area contributed by atoms with Crippen LogP contribution in [0.5, 0.6) is 0 Å². The molecule has 0 saturated heterocycles. The third-order valence-corrected chi connectivity index (χ3v) is 5.01. The molecule has 164 valence electrons. The molecule has 4 aromatic rings. The van der Waals surface area contributed by atoms with E-state index >= 15 is 0 Å². The van der Waals surface area contributed by atoms with Crippen LogP contribution in [0.3, 0.4) is 0 Å². The molecule has 0 bridgehead atoms. The minimum absolute atomic E-state index is 0.144. The Morgan fingerprint density at radius 3 is 2.88 bits per heavy atom. The van der Waals surface area contributed by atoms with Crippen molar-refractivity contribution in [2.24, 2.45) is 0 Å². The minimum atomic E-state index is -0.617. The van der Waals surface area contributed by atoms with Gasteiger partial charge in [0.25, 0.3) is 5.69 Å². The minimum Gasteiger partial charge on any atom is -0.407 e. The molecule has 2 aromatic heterocycles. The SMILES string of the molecule is CCn1cnnc1-c1cccc(NC(=O)CCCn2c(=O)oc3cc([N+](=O)[O-])ccc32)c1. The Morgan fingerprint density at radius 2 is 2.09 bits per heavy atom. The molecule has 1 N–H and O–H groups in total. The molecule has 0 unspecified atom stereocenters. The first-order chi connectivity index (χ1) is 15.5. The summed E-state index contributed by atoms with van der Waals surface area (Å²) in [5, 5.41) is 21.8. The van der Waals surface area contributed by atoms with E-state index in [9.17, 15) is 19.7 Å². The molecule has 0 atom stereocenters. The van der Waals surface area contributed by atoms with Crippen molar-refractivity contribution >= 4 is 28.4 Å². The summed E-state index contributed by atoms with van der Waals surface area (Å²) >= 11 is 0. The molecule has 0 aliphatic heterocycles. The van der Waals surface area contributed by atoms with Crippen molar-refractivity contribution in [2.75, 3.05) is 5.32 Å². The van der Waals surface area contributed by atoms with Crippen molar-refractivity contribution in [3.63, 3.8) is 0 Å². The number of oxazole rings is 1.